The van der Waals surface area contributed by atoms with Crippen LogP contribution in [0.15, 0.2) is 48.1 Å². The van der Waals surface area contributed by atoms with E-state index in [0.717, 1.165) is 42.4 Å². The molecule has 4 unspecified atom stereocenters. The number of rotatable bonds is 4. The molecule has 1 aliphatic heterocycles. The number of hydrazone groups is 1. The number of aromatic nitrogens is 4. The van der Waals surface area contributed by atoms with Gasteiger partial charge < -0.3 is 0 Å². The summed E-state index contributed by atoms with van der Waals surface area (Å²) in [4.78, 5) is 22.1. The average molecular weight is 411 g/mol. The maximum Gasteiger partial charge on any atom is 0.249 e. The van der Waals surface area contributed by atoms with Crippen LogP contribution >= 0.6 is 0 Å². The van der Waals surface area contributed by atoms with E-state index < -0.39 is 0 Å². The summed E-state index contributed by atoms with van der Waals surface area (Å²) in [6.07, 6.45) is 12.2. The Morgan fingerprint density at radius 3 is 2.97 bits per heavy atom. The lowest BCUT2D eigenvalue weighted by atomic mass is 9.42. The lowest BCUT2D eigenvalue weighted by Crippen LogP contribution is -2.63. The van der Waals surface area contributed by atoms with Crippen LogP contribution in [0.4, 0.5) is 0 Å². The van der Waals surface area contributed by atoms with Gasteiger partial charge in [-0.15, -0.1) is 0 Å². The van der Waals surface area contributed by atoms with Crippen molar-refractivity contribution in [1.29, 1.82) is 5.26 Å². The number of carbonyl (C=O) groups is 1. The number of nitrogens with zero attached hydrogens (tertiary/aromatic N) is 7. The topological polar surface area (TPSA) is 100 Å². The minimum atomic E-state index is -0.288. The van der Waals surface area contributed by atoms with Gasteiger partial charge in [0, 0.05) is 37.0 Å². The number of carbonyl (C=O) groups excluding carboxylic acids is 1. The molecule has 3 aliphatic rings. The molecular weight excluding hydrogens is 390 g/mol. The fourth-order valence-corrected chi connectivity index (χ4v) is 5.68. The van der Waals surface area contributed by atoms with Gasteiger partial charge in [-0.1, -0.05) is 0 Å². The molecule has 0 saturated heterocycles. The van der Waals surface area contributed by atoms with Crippen LogP contribution in [-0.2, 0) is 11.3 Å². The Kier molecular flexibility index (Phi) is 3.93. The summed E-state index contributed by atoms with van der Waals surface area (Å²) in [5, 5.41) is 20.7. The summed E-state index contributed by atoms with van der Waals surface area (Å²) in [5.74, 6) is 0.933. The number of hydrogen-bond acceptors (Lipinski definition) is 6. The van der Waals surface area contributed by atoms with Gasteiger partial charge in [-0.25, -0.2) is 5.01 Å². The van der Waals surface area contributed by atoms with Crippen LogP contribution in [0.5, 0.6) is 0 Å². The summed E-state index contributed by atoms with van der Waals surface area (Å²) in [7, 11) is 0. The van der Waals surface area contributed by atoms with Gasteiger partial charge in [-0.3, -0.25) is 19.4 Å². The number of benzene rings is 1. The van der Waals surface area contributed by atoms with Crippen LogP contribution in [0.1, 0.15) is 43.0 Å². The molecule has 8 nitrogen and oxygen atoms in total. The van der Waals surface area contributed by atoms with Gasteiger partial charge >= 0.3 is 0 Å². The lowest BCUT2D eigenvalue weighted by Gasteiger charge is -2.62. The molecule has 1 amide bonds. The van der Waals surface area contributed by atoms with Gasteiger partial charge in [-0.2, -0.15) is 15.5 Å². The van der Waals surface area contributed by atoms with Crippen molar-refractivity contribution in [3.8, 4) is 6.07 Å². The molecule has 3 aromatic rings. The van der Waals surface area contributed by atoms with Gasteiger partial charge in [0.05, 0.1) is 40.7 Å². The molecule has 1 aromatic carbocycles. The maximum atomic E-state index is 13.5. The highest BCUT2D eigenvalue weighted by Crippen LogP contribution is 2.66. The second kappa shape index (κ2) is 6.71. The first kappa shape index (κ1) is 18.2. The first-order valence-electron chi connectivity index (χ1n) is 10.7. The van der Waals surface area contributed by atoms with Crippen molar-refractivity contribution in [2.75, 3.05) is 0 Å². The van der Waals surface area contributed by atoms with Crippen LogP contribution < -0.4 is 0 Å². The molecule has 0 bridgehead atoms. The van der Waals surface area contributed by atoms with E-state index in [2.05, 4.69) is 26.2 Å². The molecule has 2 aliphatic carbocycles. The fraction of sp³-hybridized carbons (Fsp3) is 0.391. The second-order valence-corrected chi connectivity index (χ2v) is 8.81. The van der Waals surface area contributed by atoms with E-state index in [1.165, 1.54) is 0 Å². The predicted octanol–water partition coefficient (Wildman–Crippen LogP) is 3.07. The van der Waals surface area contributed by atoms with Gasteiger partial charge in [0.1, 0.15) is 6.04 Å². The van der Waals surface area contributed by atoms with E-state index in [4.69, 9.17) is 5.26 Å². The minimum Gasteiger partial charge on any atom is -0.272 e. The third-order valence-corrected chi connectivity index (χ3v) is 7.37. The van der Waals surface area contributed by atoms with Crippen molar-refractivity contribution in [1.82, 2.24) is 24.8 Å². The average Bonchev–Trinajstić information content (AvgIpc) is 3.44. The molecule has 154 valence electrons. The molecule has 2 aromatic heterocycles. The number of nitriles is 1. The van der Waals surface area contributed by atoms with E-state index >= 15 is 0 Å². The van der Waals surface area contributed by atoms with E-state index in [1.807, 2.05) is 35.3 Å². The molecule has 0 spiro atoms. The number of fused-ring (bicyclic) bond motifs is 2. The van der Waals surface area contributed by atoms with E-state index in [-0.39, 0.29) is 17.4 Å². The molecule has 0 radical (unpaired) electrons. The quantitative estimate of drug-likeness (QED) is 0.657. The number of hydrogen-bond donors (Lipinski definition) is 0. The van der Waals surface area contributed by atoms with Gasteiger partial charge in [0.15, 0.2) is 0 Å². The predicted molar refractivity (Wildman–Crippen MR) is 112 cm³/mol. The van der Waals surface area contributed by atoms with Crippen LogP contribution in [0.3, 0.4) is 0 Å². The Balaban J connectivity index is 1.19. The van der Waals surface area contributed by atoms with Gasteiger partial charge in [-0.05, 0) is 49.3 Å². The maximum absolute atomic E-state index is 13.5. The third-order valence-electron chi connectivity index (χ3n) is 7.37. The monoisotopic (exact) mass is 411 g/mol. The zero-order valence-electron chi connectivity index (χ0n) is 16.9. The van der Waals surface area contributed by atoms with E-state index in [1.54, 1.807) is 23.6 Å². The molecule has 2 fully saturated rings. The van der Waals surface area contributed by atoms with Crippen molar-refractivity contribution in [2.45, 2.75) is 38.3 Å². The molecule has 2 saturated carbocycles. The SMILES string of the molecule is N#Cc1ccc2c(cnn2CC2CC3(C(=O)N4N=CCC4c4cnccn4)CCC23)c1. The zero-order chi connectivity index (χ0) is 21.0. The molecular formula is C23H21N7O. The normalized spacial score (nSPS) is 28.6. The first-order valence-corrected chi connectivity index (χ1v) is 10.7. The summed E-state index contributed by atoms with van der Waals surface area (Å²) >= 11 is 0. The molecule has 31 heavy (non-hydrogen) atoms. The smallest absolute Gasteiger partial charge is 0.249 e. The number of amides is 1. The van der Waals surface area contributed by atoms with Crippen LogP contribution in [0.25, 0.3) is 10.9 Å². The molecule has 4 atom stereocenters. The summed E-state index contributed by atoms with van der Waals surface area (Å²) in [6.45, 7) is 0.798. The highest BCUT2D eigenvalue weighted by molar-refractivity contribution is 5.87. The van der Waals surface area contributed by atoms with Crippen LogP contribution in [0.2, 0.25) is 0 Å². The third kappa shape index (κ3) is 2.62. The van der Waals surface area contributed by atoms with E-state index in [9.17, 15) is 4.79 Å². The lowest BCUT2D eigenvalue weighted by molar-refractivity contribution is -0.188. The van der Waals surface area contributed by atoms with Gasteiger partial charge in [0.2, 0.25) is 5.91 Å². The van der Waals surface area contributed by atoms with Crippen molar-refractivity contribution >= 4 is 23.0 Å². The Hall–Kier alpha value is -3.60. The molecule has 3 heterocycles. The van der Waals surface area contributed by atoms with Crippen molar-refractivity contribution < 1.29 is 4.79 Å². The standard InChI is InChI=1S/C23H21N7O/c24-11-15-1-2-20-16(9-15)12-28-29(20)14-17-10-23(5-3-18(17)23)22(31)30-21(4-6-27-30)19-13-25-7-8-26-19/h1-2,6-9,12-13,17-18,21H,3-5,10,14H2. The van der Waals surface area contributed by atoms with E-state index in [0.29, 0.717) is 23.8 Å². The summed E-state index contributed by atoms with van der Waals surface area (Å²) < 4.78 is 2.02. The van der Waals surface area contributed by atoms with Crippen molar-refractivity contribution in [3.05, 3.63) is 54.2 Å². The summed E-state index contributed by atoms with van der Waals surface area (Å²) in [6, 6.07) is 7.68. The zero-order valence-corrected chi connectivity index (χ0v) is 16.9. The summed E-state index contributed by atoms with van der Waals surface area (Å²) in [5.41, 5.74) is 2.18. The Morgan fingerprint density at radius 2 is 2.23 bits per heavy atom. The van der Waals surface area contributed by atoms with Crippen LogP contribution in [0, 0.1) is 28.6 Å². The van der Waals surface area contributed by atoms with Crippen molar-refractivity contribution in [3.63, 3.8) is 0 Å². The van der Waals surface area contributed by atoms with Crippen LogP contribution in [-0.4, -0.2) is 36.9 Å². The Bertz CT molecular complexity index is 1240. The van der Waals surface area contributed by atoms with Crippen molar-refractivity contribution in [2.24, 2.45) is 22.4 Å². The largest absolute Gasteiger partial charge is 0.272 e. The minimum absolute atomic E-state index is 0.133. The Labute approximate surface area is 179 Å². The molecule has 6 rings (SSSR count). The second-order valence-electron chi connectivity index (χ2n) is 8.81. The molecule has 0 N–H and O–H groups in total. The highest BCUT2D eigenvalue weighted by Gasteiger charge is 2.65. The first-order chi connectivity index (χ1) is 15.2. The fourth-order valence-electron chi connectivity index (χ4n) is 5.68. The van der Waals surface area contributed by atoms with Gasteiger partial charge in [0.25, 0.3) is 0 Å². The Morgan fingerprint density at radius 1 is 1.29 bits per heavy atom. The molecule has 8 heteroatoms. The highest BCUT2D eigenvalue weighted by atomic mass is 16.2.